The molecular formula is C12H16N2O2. The van der Waals surface area contributed by atoms with Crippen molar-refractivity contribution in [3.63, 3.8) is 0 Å². The molecule has 1 aromatic carbocycles. The van der Waals surface area contributed by atoms with Gasteiger partial charge in [-0.1, -0.05) is 12.1 Å². The van der Waals surface area contributed by atoms with Gasteiger partial charge in [0.15, 0.2) is 0 Å². The Labute approximate surface area is 94.5 Å². The molecule has 1 aromatic rings. The zero-order chi connectivity index (χ0) is 11.6. The van der Waals surface area contributed by atoms with Crippen molar-refractivity contribution in [3.8, 4) is 5.75 Å². The molecule has 0 atom stereocenters. The normalized spacial score (nSPS) is 16.8. The summed E-state index contributed by atoms with van der Waals surface area (Å²) in [6, 6.07) is 6.52. The van der Waals surface area contributed by atoms with Gasteiger partial charge in [0.2, 0.25) is 0 Å². The van der Waals surface area contributed by atoms with Crippen LogP contribution in [0.5, 0.6) is 5.75 Å². The molecule has 0 unspecified atom stereocenters. The van der Waals surface area contributed by atoms with Crippen LogP contribution in [0, 0.1) is 5.41 Å². The van der Waals surface area contributed by atoms with Crippen LogP contribution >= 0.6 is 0 Å². The Morgan fingerprint density at radius 1 is 1.44 bits per heavy atom. The lowest BCUT2D eigenvalue weighted by atomic mass is 10.1. The molecule has 0 aliphatic heterocycles. The van der Waals surface area contributed by atoms with Gasteiger partial charge in [0.25, 0.3) is 5.91 Å². The van der Waals surface area contributed by atoms with Gasteiger partial charge in [-0.15, -0.1) is 0 Å². The monoisotopic (exact) mass is 220 g/mol. The number of carbonyl (C=O) groups is 1. The molecule has 0 bridgehead atoms. The number of hydrogen-bond acceptors (Lipinski definition) is 3. The molecule has 2 rings (SSSR count). The smallest absolute Gasteiger partial charge is 0.255 e. The molecule has 0 radical (unpaired) electrons. The molecular weight excluding hydrogens is 204 g/mol. The van der Waals surface area contributed by atoms with E-state index in [9.17, 15) is 9.90 Å². The Hall–Kier alpha value is -1.55. The third-order valence-corrected chi connectivity index (χ3v) is 3.16. The van der Waals surface area contributed by atoms with Gasteiger partial charge in [-0.05, 0) is 31.5 Å². The minimum Gasteiger partial charge on any atom is -0.507 e. The van der Waals surface area contributed by atoms with Gasteiger partial charge in [0, 0.05) is 12.0 Å². The van der Waals surface area contributed by atoms with E-state index in [1.807, 2.05) is 0 Å². The summed E-state index contributed by atoms with van der Waals surface area (Å²) >= 11 is 0. The van der Waals surface area contributed by atoms with Crippen molar-refractivity contribution in [3.05, 3.63) is 29.8 Å². The molecule has 0 spiro atoms. The zero-order valence-corrected chi connectivity index (χ0v) is 9.07. The summed E-state index contributed by atoms with van der Waals surface area (Å²) in [5.74, 6) is -0.226. The minimum absolute atomic E-state index is 0.0117. The van der Waals surface area contributed by atoms with Crippen LogP contribution in [0.4, 0.5) is 0 Å². The number of aromatic hydroxyl groups is 1. The topological polar surface area (TPSA) is 75.3 Å². The van der Waals surface area contributed by atoms with Crippen molar-refractivity contribution in [2.24, 2.45) is 11.1 Å². The molecule has 1 saturated carbocycles. The van der Waals surface area contributed by atoms with Crippen molar-refractivity contribution < 1.29 is 9.90 Å². The summed E-state index contributed by atoms with van der Waals surface area (Å²) in [4.78, 5) is 11.7. The van der Waals surface area contributed by atoms with E-state index in [1.54, 1.807) is 18.2 Å². The van der Waals surface area contributed by atoms with Gasteiger partial charge < -0.3 is 16.2 Å². The van der Waals surface area contributed by atoms with Crippen LogP contribution in [0.1, 0.15) is 23.2 Å². The Bertz CT molecular complexity index is 400. The van der Waals surface area contributed by atoms with Crippen LogP contribution in [0.3, 0.4) is 0 Å². The number of benzene rings is 1. The first-order chi connectivity index (χ1) is 7.67. The quantitative estimate of drug-likeness (QED) is 0.704. The minimum atomic E-state index is -0.238. The standard InChI is InChI=1S/C12H16N2O2/c13-7-12(5-6-12)8-14-11(16)9-3-1-2-4-10(9)15/h1-4,15H,5-8,13H2,(H,14,16). The summed E-state index contributed by atoms with van der Waals surface area (Å²) in [7, 11) is 0. The number of phenolic OH excluding ortho intramolecular Hbond substituents is 1. The second-order valence-electron chi connectivity index (χ2n) is 4.40. The highest BCUT2D eigenvalue weighted by atomic mass is 16.3. The van der Waals surface area contributed by atoms with Crippen molar-refractivity contribution in [1.82, 2.24) is 5.32 Å². The Morgan fingerprint density at radius 3 is 2.69 bits per heavy atom. The summed E-state index contributed by atoms with van der Waals surface area (Å²) in [5, 5.41) is 12.3. The van der Waals surface area contributed by atoms with Crippen LogP contribution in [0.15, 0.2) is 24.3 Å². The predicted molar refractivity (Wildman–Crippen MR) is 61.2 cm³/mol. The summed E-state index contributed by atoms with van der Waals surface area (Å²) in [5.41, 5.74) is 6.05. The van der Waals surface area contributed by atoms with E-state index in [-0.39, 0.29) is 17.1 Å². The molecule has 0 heterocycles. The molecule has 1 fully saturated rings. The lowest BCUT2D eigenvalue weighted by Crippen LogP contribution is -2.33. The van der Waals surface area contributed by atoms with E-state index < -0.39 is 0 Å². The van der Waals surface area contributed by atoms with Crippen molar-refractivity contribution in [1.29, 1.82) is 0 Å². The van der Waals surface area contributed by atoms with E-state index in [0.29, 0.717) is 18.7 Å². The fourth-order valence-electron chi connectivity index (χ4n) is 1.66. The first-order valence-corrected chi connectivity index (χ1v) is 5.43. The van der Waals surface area contributed by atoms with Gasteiger partial charge in [-0.25, -0.2) is 0 Å². The average molecular weight is 220 g/mol. The van der Waals surface area contributed by atoms with Gasteiger partial charge in [0.1, 0.15) is 5.75 Å². The molecule has 4 N–H and O–H groups in total. The first-order valence-electron chi connectivity index (χ1n) is 5.43. The Kier molecular flexibility index (Phi) is 2.83. The van der Waals surface area contributed by atoms with E-state index in [1.165, 1.54) is 6.07 Å². The van der Waals surface area contributed by atoms with Crippen LogP contribution in [0.25, 0.3) is 0 Å². The Balaban J connectivity index is 1.96. The van der Waals surface area contributed by atoms with Crippen LogP contribution in [-0.2, 0) is 0 Å². The summed E-state index contributed by atoms with van der Waals surface area (Å²) in [6.07, 6.45) is 2.15. The highest BCUT2D eigenvalue weighted by Crippen LogP contribution is 2.43. The molecule has 1 amide bonds. The molecule has 1 aliphatic carbocycles. The summed E-state index contributed by atoms with van der Waals surface area (Å²) < 4.78 is 0. The fraction of sp³-hybridized carbons (Fsp3) is 0.417. The second kappa shape index (κ2) is 4.14. The second-order valence-corrected chi connectivity index (χ2v) is 4.40. The van der Waals surface area contributed by atoms with Crippen molar-refractivity contribution in [2.75, 3.05) is 13.1 Å². The number of phenols is 1. The van der Waals surface area contributed by atoms with Gasteiger partial charge in [0.05, 0.1) is 5.56 Å². The molecule has 1 aliphatic rings. The molecule has 4 nitrogen and oxygen atoms in total. The molecule has 16 heavy (non-hydrogen) atoms. The maximum absolute atomic E-state index is 11.7. The molecule has 4 heteroatoms. The maximum atomic E-state index is 11.7. The number of hydrogen-bond donors (Lipinski definition) is 3. The average Bonchev–Trinajstić information content (AvgIpc) is 3.07. The predicted octanol–water partition coefficient (Wildman–Crippen LogP) is 0.861. The SMILES string of the molecule is NCC1(CNC(=O)c2ccccc2O)CC1. The maximum Gasteiger partial charge on any atom is 0.255 e. The molecule has 0 aromatic heterocycles. The van der Waals surface area contributed by atoms with Gasteiger partial charge in [-0.2, -0.15) is 0 Å². The first kappa shape index (κ1) is 11.0. The summed E-state index contributed by atoms with van der Waals surface area (Å²) in [6.45, 7) is 1.20. The number of rotatable bonds is 4. The van der Waals surface area contributed by atoms with Gasteiger partial charge >= 0.3 is 0 Å². The van der Waals surface area contributed by atoms with E-state index in [2.05, 4.69) is 5.32 Å². The van der Waals surface area contributed by atoms with E-state index in [4.69, 9.17) is 5.73 Å². The van der Waals surface area contributed by atoms with E-state index in [0.717, 1.165) is 12.8 Å². The number of para-hydroxylation sites is 1. The Morgan fingerprint density at radius 2 is 2.12 bits per heavy atom. The number of carbonyl (C=O) groups excluding carboxylic acids is 1. The van der Waals surface area contributed by atoms with Gasteiger partial charge in [-0.3, -0.25) is 4.79 Å². The highest BCUT2D eigenvalue weighted by Gasteiger charge is 2.41. The van der Waals surface area contributed by atoms with Crippen molar-refractivity contribution in [2.45, 2.75) is 12.8 Å². The molecule has 0 saturated heterocycles. The fourth-order valence-corrected chi connectivity index (χ4v) is 1.66. The highest BCUT2D eigenvalue weighted by molar-refractivity contribution is 5.96. The third kappa shape index (κ3) is 2.17. The van der Waals surface area contributed by atoms with Crippen LogP contribution in [-0.4, -0.2) is 24.1 Å². The third-order valence-electron chi connectivity index (χ3n) is 3.16. The van der Waals surface area contributed by atoms with Crippen LogP contribution in [0.2, 0.25) is 0 Å². The van der Waals surface area contributed by atoms with E-state index >= 15 is 0 Å². The molecule has 86 valence electrons. The zero-order valence-electron chi connectivity index (χ0n) is 9.07. The largest absolute Gasteiger partial charge is 0.507 e. The van der Waals surface area contributed by atoms with Crippen molar-refractivity contribution >= 4 is 5.91 Å². The lowest BCUT2D eigenvalue weighted by Gasteiger charge is -2.13. The van der Waals surface area contributed by atoms with Crippen LogP contribution < -0.4 is 11.1 Å². The lowest BCUT2D eigenvalue weighted by molar-refractivity contribution is 0.0943. The number of nitrogens with one attached hydrogen (secondary N) is 1. The number of nitrogens with two attached hydrogens (primary N) is 1. The number of amides is 1.